The maximum atomic E-state index is 13.2. The van der Waals surface area contributed by atoms with E-state index in [-0.39, 0.29) is 30.5 Å². The van der Waals surface area contributed by atoms with E-state index < -0.39 is 36.9 Å². The van der Waals surface area contributed by atoms with Gasteiger partial charge in [-0.2, -0.15) is 0 Å². The average Bonchev–Trinajstić information content (AvgIpc) is 3.12. The van der Waals surface area contributed by atoms with Crippen LogP contribution in [0.25, 0.3) is 0 Å². The number of rotatable bonds is 23. The van der Waals surface area contributed by atoms with Gasteiger partial charge in [0.1, 0.15) is 24.0 Å². The molecule has 1 saturated heterocycles. The van der Waals surface area contributed by atoms with Crippen LogP contribution in [0.1, 0.15) is 79.2 Å². The Morgan fingerprint density at radius 3 is 2.36 bits per heavy atom. The van der Waals surface area contributed by atoms with Crippen molar-refractivity contribution in [2.45, 2.75) is 96.1 Å². The van der Waals surface area contributed by atoms with Gasteiger partial charge in [0.05, 0.1) is 18.4 Å². The number of likely N-dealkylation sites (tertiary alicyclic amines) is 1. The normalized spacial score (nSPS) is 17.0. The van der Waals surface area contributed by atoms with Gasteiger partial charge < -0.3 is 46.4 Å². The summed E-state index contributed by atoms with van der Waals surface area (Å²) in [6.07, 6.45) is 4.32. The van der Waals surface area contributed by atoms with E-state index in [0.717, 1.165) is 58.0 Å². The molecule has 8 N–H and O–H groups in total. The standard InChI is InChI=1S/C37H60N6O7/c1-3-4-5-8-16-42(24-31(45)35(48)36(49)32(46)25-44)17-13-33(47)43-18-11-27(12-19-43)22-39-23-28(20-29-10-7-6-9-26(29)2)21-30-34(37(38)50)41-15-14-40-30/h6-7,9-10,14-15,27-28,31-32,35-36,39,44-46,48-49H,3-5,8,11-13,16-25H2,1-2H3,(H2,38,50)/t28-,31-,32-,35-,36-/m1/s1. The molecule has 0 unspecified atom stereocenters. The number of amides is 2. The van der Waals surface area contributed by atoms with Crippen LogP contribution in [-0.2, 0) is 17.6 Å². The molecule has 3 rings (SSSR count). The van der Waals surface area contributed by atoms with Crippen molar-refractivity contribution >= 4 is 11.8 Å². The number of aryl methyl sites for hydroxylation is 1. The fraction of sp³-hybridized carbons (Fsp3) is 0.676. The summed E-state index contributed by atoms with van der Waals surface area (Å²) in [7, 11) is 0. The molecule has 0 aliphatic carbocycles. The summed E-state index contributed by atoms with van der Waals surface area (Å²) >= 11 is 0. The summed E-state index contributed by atoms with van der Waals surface area (Å²) < 4.78 is 0. The number of nitrogens with one attached hydrogen (secondary N) is 1. The molecule has 1 aliphatic heterocycles. The van der Waals surface area contributed by atoms with E-state index in [1.807, 2.05) is 21.9 Å². The number of aliphatic hydroxyl groups excluding tert-OH is 5. The molecule has 50 heavy (non-hydrogen) atoms. The number of hydrogen-bond acceptors (Lipinski definition) is 11. The second kappa shape index (κ2) is 22.0. The van der Waals surface area contributed by atoms with Crippen molar-refractivity contribution in [3.63, 3.8) is 0 Å². The first-order valence-corrected chi connectivity index (χ1v) is 18.2. The van der Waals surface area contributed by atoms with Crippen LogP contribution >= 0.6 is 0 Å². The number of carbonyl (C=O) groups is 2. The Labute approximate surface area is 296 Å². The predicted octanol–water partition coefficient (Wildman–Crippen LogP) is 0.822. The zero-order valence-electron chi connectivity index (χ0n) is 29.9. The zero-order valence-corrected chi connectivity index (χ0v) is 29.9. The van der Waals surface area contributed by atoms with Gasteiger partial charge in [0.2, 0.25) is 5.91 Å². The third kappa shape index (κ3) is 13.6. The molecule has 0 saturated carbocycles. The highest BCUT2D eigenvalue weighted by Gasteiger charge is 2.31. The van der Waals surface area contributed by atoms with Gasteiger partial charge in [-0.25, -0.2) is 4.98 Å². The lowest BCUT2D eigenvalue weighted by Gasteiger charge is -2.34. The largest absolute Gasteiger partial charge is 0.394 e. The molecule has 0 radical (unpaired) electrons. The molecule has 0 bridgehead atoms. The highest BCUT2D eigenvalue weighted by molar-refractivity contribution is 5.91. The van der Waals surface area contributed by atoms with Gasteiger partial charge in [0.25, 0.3) is 5.91 Å². The maximum absolute atomic E-state index is 13.2. The first-order valence-electron chi connectivity index (χ1n) is 18.2. The van der Waals surface area contributed by atoms with Crippen LogP contribution in [0, 0.1) is 18.8 Å². The number of hydrogen-bond donors (Lipinski definition) is 7. The van der Waals surface area contributed by atoms with Gasteiger partial charge in [-0.3, -0.25) is 14.6 Å². The number of nitrogens with zero attached hydrogens (tertiary/aromatic N) is 4. The van der Waals surface area contributed by atoms with Crippen molar-refractivity contribution in [2.24, 2.45) is 17.6 Å². The fourth-order valence-corrected chi connectivity index (χ4v) is 6.64. The number of carbonyl (C=O) groups excluding carboxylic acids is 2. The smallest absolute Gasteiger partial charge is 0.269 e. The number of piperidine rings is 1. The minimum absolute atomic E-state index is 0.0368. The number of benzene rings is 1. The minimum Gasteiger partial charge on any atom is -0.394 e. The molecular weight excluding hydrogens is 640 g/mol. The lowest BCUT2D eigenvalue weighted by molar-refractivity contribution is -0.133. The number of aromatic nitrogens is 2. The SMILES string of the molecule is CCCCCCN(CCC(=O)N1CCC(CNC[C@H](Cc2ccccc2C)Cc2nccnc2C(N)=O)CC1)C[C@@H](O)[C@@H](O)[C@H](O)[C@H](O)CO. The van der Waals surface area contributed by atoms with Crippen LogP contribution < -0.4 is 11.1 Å². The van der Waals surface area contributed by atoms with Crippen molar-refractivity contribution in [1.82, 2.24) is 25.1 Å². The number of unbranched alkanes of at least 4 members (excludes halogenated alkanes) is 3. The predicted molar refractivity (Wildman–Crippen MR) is 191 cm³/mol. The fourth-order valence-electron chi connectivity index (χ4n) is 6.64. The van der Waals surface area contributed by atoms with Crippen molar-refractivity contribution in [3.05, 3.63) is 59.2 Å². The van der Waals surface area contributed by atoms with E-state index in [0.29, 0.717) is 44.2 Å². The number of primary amides is 1. The molecule has 5 atom stereocenters. The molecule has 1 fully saturated rings. The summed E-state index contributed by atoms with van der Waals surface area (Å²) in [6, 6.07) is 8.30. The molecule has 1 aromatic heterocycles. The van der Waals surface area contributed by atoms with E-state index in [1.165, 1.54) is 17.3 Å². The van der Waals surface area contributed by atoms with Crippen molar-refractivity contribution in [2.75, 3.05) is 52.4 Å². The summed E-state index contributed by atoms with van der Waals surface area (Å²) in [5.41, 5.74) is 8.87. The van der Waals surface area contributed by atoms with Crippen LogP contribution in [0.4, 0.5) is 0 Å². The second-order valence-electron chi connectivity index (χ2n) is 13.8. The van der Waals surface area contributed by atoms with Gasteiger partial charge in [0.15, 0.2) is 0 Å². The molecule has 280 valence electrons. The molecule has 1 aromatic carbocycles. The average molecular weight is 701 g/mol. The van der Waals surface area contributed by atoms with Crippen LogP contribution in [-0.4, -0.2) is 134 Å². The second-order valence-corrected chi connectivity index (χ2v) is 13.8. The molecule has 0 spiro atoms. The quantitative estimate of drug-likeness (QED) is 0.0809. The monoisotopic (exact) mass is 700 g/mol. The van der Waals surface area contributed by atoms with Crippen LogP contribution in [0.5, 0.6) is 0 Å². The molecule has 13 nitrogen and oxygen atoms in total. The lowest BCUT2D eigenvalue weighted by Crippen LogP contribution is -2.50. The Kier molecular flexibility index (Phi) is 18.2. The Morgan fingerprint density at radius 1 is 0.980 bits per heavy atom. The molecule has 2 aromatic rings. The Morgan fingerprint density at radius 2 is 1.68 bits per heavy atom. The molecule has 2 amide bonds. The lowest BCUT2D eigenvalue weighted by atomic mass is 9.91. The van der Waals surface area contributed by atoms with E-state index in [4.69, 9.17) is 10.8 Å². The van der Waals surface area contributed by atoms with E-state index in [9.17, 15) is 30.0 Å². The Balaban J connectivity index is 1.49. The van der Waals surface area contributed by atoms with Crippen molar-refractivity contribution in [1.29, 1.82) is 0 Å². The Hall–Kier alpha value is -3.04. The first kappa shape index (κ1) is 41.4. The van der Waals surface area contributed by atoms with Gasteiger partial charge >= 0.3 is 0 Å². The number of nitrogens with two attached hydrogens (primary N) is 1. The third-order valence-electron chi connectivity index (χ3n) is 9.83. The third-order valence-corrected chi connectivity index (χ3v) is 9.83. The van der Waals surface area contributed by atoms with Gasteiger partial charge in [0, 0.05) is 45.0 Å². The first-order chi connectivity index (χ1) is 24.0. The summed E-state index contributed by atoms with van der Waals surface area (Å²) in [5.74, 6) is 0.0551. The van der Waals surface area contributed by atoms with E-state index in [2.05, 4.69) is 41.3 Å². The molecule has 13 heteroatoms. The molecule has 2 heterocycles. The Bertz CT molecular complexity index is 1290. The van der Waals surface area contributed by atoms with E-state index >= 15 is 0 Å². The zero-order chi connectivity index (χ0) is 36.5. The maximum Gasteiger partial charge on any atom is 0.269 e. The highest BCUT2D eigenvalue weighted by Crippen LogP contribution is 2.20. The van der Waals surface area contributed by atoms with Crippen LogP contribution in [0.3, 0.4) is 0 Å². The topological polar surface area (TPSA) is 206 Å². The molecular formula is C37H60N6O7. The highest BCUT2D eigenvalue weighted by atomic mass is 16.4. The van der Waals surface area contributed by atoms with Crippen LogP contribution in [0.15, 0.2) is 36.7 Å². The minimum atomic E-state index is -1.68. The van der Waals surface area contributed by atoms with Gasteiger partial charge in [-0.1, -0.05) is 50.5 Å². The number of aliphatic hydroxyl groups is 5. The van der Waals surface area contributed by atoms with Crippen LogP contribution in [0.2, 0.25) is 0 Å². The van der Waals surface area contributed by atoms with Gasteiger partial charge in [-0.15, -0.1) is 0 Å². The molecule has 1 aliphatic rings. The summed E-state index contributed by atoms with van der Waals surface area (Å²) in [5, 5.41) is 53.4. The summed E-state index contributed by atoms with van der Waals surface area (Å²) in [4.78, 5) is 37.6. The van der Waals surface area contributed by atoms with Crippen molar-refractivity contribution < 1.29 is 35.1 Å². The van der Waals surface area contributed by atoms with Gasteiger partial charge in [-0.05, 0) is 81.6 Å². The van der Waals surface area contributed by atoms with Crippen molar-refractivity contribution in [3.8, 4) is 0 Å². The van der Waals surface area contributed by atoms with E-state index in [1.54, 1.807) is 6.20 Å². The summed E-state index contributed by atoms with van der Waals surface area (Å²) in [6.45, 7) is 7.45.